The van der Waals surface area contributed by atoms with Crippen LogP contribution in [0.1, 0.15) is 5.56 Å². The van der Waals surface area contributed by atoms with E-state index in [1.54, 1.807) is 9.80 Å². The SMILES string of the molecule is Cc1ccc2c(c1)OCCOc1cc(-c3c4ccc(=[N+](C)C)cc-4oc4cc(N(C)C)ccc34)ccc1N(CC(=O)[O-])CCOCCN2CC(=O)[O-]. The zero-order chi connectivity index (χ0) is 36.9. The number of aliphatic carboxylic acids is 2. The first-order valence-electron chi connectivity index (χ1n) is 17.1. The molecule has 2 heterocycles. The Bertz CT molecular complexity index is 2140. The van der Waals surface area contributed by atoms with E-state index in [0.717, 1.165) is 38.7 Å². The smallest absolute Gasteiger partial charge is 0.203 e. The number of fused-ring (bicyclic) bond motifs is 4. The summed E-state index contributed by atoms with van der Waals surface area (Å²) in [6.07, 6.45) is 0. The fourth-order valence-electron chi connectivity index (χ4n) is 6.42. The summed E-state index contributed by atoms with van der Waals surface area (Å²) in [5.41, 5.74) is 6.50. The Morgan fingerprint density at radius 2 is 1.40 bits per heavy atom. The lowest BCUT2D eigenvalue weighted by Gasteiger charge is -2.28. The lowest BCUT2D eigenvalue weighted by Crippen LogP contribution is -2.41. The molecule has 3 aliphatic rings. The van der Waals surface area contributed by atoms with E-state index in [1.165, 1.54) is 0 Å². The molecule has 0 atom stereocenters. The molecule has 6 rings (SSSR count). The monoisotopic (exact) mass is 707 g/mol. The fourth-order valence-corrected chi connectivity index (χ4v) is 6.42. The second-order valence-electron chi connectivity index (χ2n) is 13.2. The van der Waals surface area contributed by atoms with E-state index >= 15 is 0 Å². The van der Waals surface area contributed by atoms with Gasteiger partial charge in [0.05, 0.1) is 55.7 Å². The second-order valence-corrected chi connectivity index (χ2v) is 13.2. The van der Waals surface area contributed by atoms with Crippen LogP contribution in [0, 0.1) is 6.92 Å². The van der Waals surface area contributed by atoms with Gasteiger partial charge in [-0.3, -0.25) is 0 Å². The standard InChI is InChI=1S/C40H44N4O8/c1-26-6-12-32-36(20-26)50-18-19-51-37-21-27(7-13-33(37)44(25-39(47)48)15-17-49-16-14-43(32)24-38(45)46)40-30-10-8-28(41(2)3)22-34(30)52-35-23-29(42(4)5)9-11-31(35)40/h6-13,20-23H,14-19,24-25H2,1-5H3,(H-,45,46,47,48)/p-1. The van der Waals surface area contributed by atoms with Crippen LogP contribution in [0.25, 0.3) is 33.4 Å². The van der Waals surface area contributed by atoms with Crippen molar-refractivity contribution in [1.82, 2.24) is 4.58 Å². The Hall–Kier alpha value is -5.75. The number of carbonyl (C=O) groups is 2. The molecule has 3 aromatic rings. The first-order chi connectivity index (χ1) is 25.0. The minimum atomic E-state index is -1.25. The number of carboxylic acid groups (broad SMARTS) is 2. The van der Waals surface area contributed by atoms with Crippen LogP contribution >= 0.6 is 0 Å². The predicted molar refractivity (Wildman–Crippen MR) is 197 cm³/mol. The Morgan fingerprint density at radius 1 is 0.769 bits per heavy atom. The number of hydrogen-bond donors (Lipinski definition) is 0. The maximum absolute atomic E-state index is 12.0. The first-order valence-corrected chi connectivity index (χ1v) is 17.1. The molecule has 272 valence electrons. The van der Waals surface area contributed by atoms with Gasteiger partial charge in [-0.15, -0.1) is 0 Å². The summed E-state index contributed by atoms with van der Waals surface area (Å²) in [6.45, 7) is 2.25. The molecule has 3 aromatic carbocycles. The van der Waals surface area contributed by atoms with Crippen LogP contribution in [-0.4, -0.2) is 92.7 Å². The molecule has 0 aromatic heterocycles. The predicted octanol–water partition coefficient (Wildman–Crippen LogP) is 2.21. The molecule has 0 saturated carbocycles. The van der Waals surface area contributed by atoms with Crippen LogP contribution in [0.4, 0.5) is 17.1 Å². The highest BCUT2D eigenvalue weighted by Gasteiger charge is 2.22. The minimum Gasteiger partial charge on any atom is -0.548 e. The van der Waals surface area contributed by atoms with Gasteiger partial charge in [-0.2, -0.15) is 0 Å². The highest BCUT2D eigenvalue weighted by molar-refractivity contribution is 6.03. The number of aryl methyl sites for hydroxylation is 1. The van der Waals surface area contributed by atoms with E-state index in [2.05, 4.69) is 12.1 Å². The summed E-state index contributed by atoms with van der Waals surface area (Å²) in [5.74, 6) is -0.808. The van der Waals surface area contributed by atoms with Gasteiger partial charge in [-0.25, -0.2) is 4.58 Å². The van der Waals surface area contributed by atoms with Gasteiger partial charge >= 0.3 is 0 Å². The minimum absolute atomic E-state index is 0.115. The Balaban J connectivity index is 1.45. The van der Waals surface area contributed by atoms with E-state index in [1.807, 2.05) is 105 Å². The van der Waals surface area contributed by atoms with Crippen LogP contribution in [0.15, 0.2) is 77.2 Å². The molecule has 0 amide bonds. The summed E-state index contributed by atoms with van der Waals surface area (Å²) >= 11 is 0. The summed E-state index contributed by atoms with van der Waals surface area (Å²) in [5, 5.41) is 25.6. The van der Waals surface area contributed by atoms with Crippen molar-refractivity contribution >= 4 is 40.0 Å². The normalized spacial score (nSPS) is 14.0. The van der Waals surface area contributed by atoms with E-state index < -0.39 is 18.5 Å². The molecule has 1 aliphatic carbocycles. The van der Waals surface area contributed by atoms with E-state index in [0.29, 0.717) is 34.2 Å². The van der Waals surface area contributed by atoms with Crippen LogP contribution < -0.4 is 44.3 Å². The summed E-state index contributed by atoms with van der Waals surface area (Å²) in [6, 6.07) is 23.5. The van der Waals surface area contributed by atoms with Gasteiger partial charge in [0.1, 0.15) is 50.2 Å². The molecular formula is C40H43N4O8-. The van der Waals surface area contributed by atoms with Crippen molar-refractivity contribution in [3.8, 4) is 33.9 Å². The maximum atomic E-state index is 12.0. The average molecular weight is 708 g/mol. The van der Waals surface area contributed by atoms with Crippen LogP contribution in [0.2, 0.25) is 0 Å². The van der Waals surface area contributed by atoms with Gasteiger partial charge in [0.25, 0.3) is 0 Å². The number of benzene rings is 4. The highest BCUT2D eigenvalue weighted by Crippen LogP contribution is 2.43. The molecule has 2 aliphatic heterocycles. The van der Waals surface area contributed by atoms with Crippen LogP contribution in [-0.2, 0) is 14.3 Å². The van der Waals surface area contributed by atoms with E-state index in [-0.39, 0.29) is 46.1 Å². The number of rotatable bonds is 6. The molecule has 0 spiro atoms. The molecule has 0 saturated heterocycles. The summed E-state index contributed by atoms with van der Waals surface area (Å²) in [4.78, 5) is 29.0. The number of nitrogens with zero attached hydrogens (tertiary/aromatic N) is 4. The number of hydrogen-bond acceptors (Lipinski definition) is 11. The Morgan fingerprint density at radius 3 is 2.02 bits per heavy atom. The zero-order valence-electron chi connectivity index (χ0n) is 30.1. The second kappa shape index (κ2) is 15.6. The Kier molecular flexibility index (Phi) is 10.8. The fraction of sp³-hybridized carbons (Fsp3) is 0.325. The third-order valence-electron chi connectivity index (χ3n) is 9.02. The summed E-state index contributed by atoms with van der Waals surface area (Å²) < 4.78 is 27.1. The molecule has 0 unspecified atom stereocenters. The molecular weight excluding hydrogens is 664 g/mol. The Labute approximate surface area is 302 Å². The van der Waals surface area contributed by atoms with Crippen molar-refractivity contribution in [1.29, 1.82) is 0 Å². The van der Waals surface area contributed by atoms with Gasteiger partial charge in [-0.1, -0.05) is 12.1 Å². The van der Waals surface area contributed by atoms with Gasteiger partial charge < -0.3 is 53.1 Å². The lowest BCUT2D eigenvalue weighted by atomic mass is 9.93. The van der Waals surface area contributed by atoms with Crippen molar-refractivity contribution in [2.24, 2.45) is 0 Å². The number of ether oxygens (including phenoxy) is 3. The molecule has 0 fully saturated rings. The highest BCUT2D eigenvalue weighted by atomic mass is 16.5. The van der Waals surface area contributed by atoms with Crippen molar-refractivity contribution in [2.75, 3.05) is 95.5 Å². The quantitative estimate of drug-likeness (QED) is 0.190. The average Bonchev–Trinajstić information content (AvgIpc) is 3.10. The van der Waals surface area contributed by atoms with Gasteiger partial charge in [0.2, 0.25) is 5.36 Å². The third-order valence-corrected chi connectivity index (χ3v) is 9.02. The van der Waals surface area contributed by atoms with Gasteiger partial charge in [0, 0.05) is 61.5 Å². The maximum Gasteiger partial charge on any atom is 0.203 e. The molecule has 12 nitrogen and oxygen atoms in total. The molecule has 0 bridgehead atoms. The summed E-state index contributed by atoms with van der Waals surface area (Å²) in [7, 11) is 7.93. The zero-order valence-corrected chi connectivity index (χ0v) is 30.1. The molecule has 12 heteroatoms. The van der Waals surface area contributed by atoms with Gasteiger partial charge in [-0.05, 0) is 60.5 Å². The number of carboxylic acids is 2. The van der Waals surface area contributed by atoms with E-state index in [9.17, 15) is 19.8 Å². The topological polar surface area (TPSA) is 134 Å². The molecule has 0 radical (unpaired) electrons. The van der Waals surface area contributed by atoms with E-state index in [4.69, 9.17) is 18.6 Å². The van der Waals surface area contributed by atoms with Crippen LogP contribution in [0.5, 0.6) is 11.5 Å². The molecule has 0 N–H and O–H groups in total. The first kappa shape index (κ1) is 36.1. The molecule has 52 heavy (non-hydrogen) atoms. The third kappa shape index (κ3) is 8.07. The van der Waals surface area contributed by atoms with Crippen molar-refractivity contribution < 1.29 is 38.4 Å². The number of anilines is 3. The van der Waals surface area contributed by atoms with Gasteiger partial charge in [0.15, 0.2) is 0 Å². The number of carbonyl (C=O) groups excluding carboxylic acids is 2. The van der Waals surface area contributed by atoms with Crippen molar-refractivity contribution in [3.05, 3.63) is 83.7 Å². The van der Waals surface area contributed by atoms with Crippen molar-refractivity contribution in [2.45, 2.75) is 6.92 Å². The lowest BCUT2D eigenvalue weighted by molar-refractivity contribution is -0.304. The largest absolute Gasteiger partial charge is 0.548 e. The van der Waals surface area contributed by atoms with Crippen molar-refractivity contribution in [3.63, 3.8) is 0 Å². The van der Waals surface area contributed by atoms with Crippen LogP contribution in [0.3, 0.4) is 0 Å².